The maximum absolute atomic E-state index is 12.7. The number of aryl methyl sites for hydroxylation is 1. The van der Waals surface area contributed by atoms with Crippen LogP contribution in [0.1, 0.15) is 25.8 Å². The van der Waals surface area contributed by atoms with Crippen LogP contribution >= 0.6 is 0 Å². The van der Waals surface area contributed by atoms with Crippen molar-refractivity contribution in [1.82, 2.24) is 0 Å². The first-order valence-corrected chi connectivity index (χ1v) is 10.6. The molecule has 0 saturated heterocycles. The lowest BCUT2D eigenvalue weighted by atomic mass is 10.1. The molecule has 0 unspecified atom stereocenters. The molecule has 152 valence electrons. The number of nitrogens with zero attached hydrogens (tertiary/aromatic N) is 1. The molecule has 0 aliphatic heterocycles. The van der Waals surface area contributed by atoms with Crippen LogP contribution in [0.5, 0.6) is 0 Å². The van der Waals surface area contributed by atoms with Gasteiger partial charge in [0.25, 0.3) is 10.0 Å². The highest BCUT2D eigenvalue weighted by atomic mass is 32.2. The van der Waals surface area contributed by atoms with Gasteiger partial charge in [0.05, 0.1) is 22.9 Å². The molecule has 2 aromatic rings. The van der Waals surface area contributed by atoms with Crippen LogP contribution in [0.25, 0.3) is 0 Å². The molecule has 2 rings (SSSR count). The fourth-order valence-electron chi connectivity index (χ4n) is 2.52. The van der Waals surface area contributed by atoms with Gasteiger partial charge in [0.2, 0.25) is 0 Å². The van der Waals surface area contributed by atoms with Gasteiger partial charge in [-0.1, -0.05) is 37.6 Å². The van der Waals surface area contributed by atoms with Crippen LogP contribution < -0.4 is 10.0 Å². The van der Waals surface area contributed by atoms with E-state index in [9.17, 15) is 13.2 Å². The highest BCUT2D eigenvalue weighted by Crippen LogP contribution is 2.25. The maximum atomic E-state index is 12.7. The SMILES string of the molecule is CCCc1ccc(S(=O)(=O)Nc2ccccc2N/C=C(\C#N)C(=O)OCC)cc1. The zero-order chi connectivity index (χ0) is 21.3. The Balaban J connectivity index is 2.24. The molecule has 0 aromatic heterocycles. The summed E-state index contributed by atoms with van der Waals surface area (Å²) in [7, 11) is -3.80. The third-order valence-corrected chi connectivity index (χ3v) is 5.31. The summed E-state index contributed by atoms with van der Waals surface area (Å²) < 4.78 is 32.8. The molecule has 8 heteroatoms. The largest absolute Gasteiger partial charge is 0.462 e. The molecule has 0 bridgehead atoms. The van der Waals surface area contributed by atoms with Crippen molar-refractivity contribution in [3.63, 3.8) is 0 Å². The average molecular weight is 413 g/mol. The first kappa shape index (κ1) is 22.0. The van der Waals surface area contributed by atoms with E-state index >= 15 is 0 Å². The molecule has 0 aliphatic carbocycles. The summed E-state index contributed by atoms with van der Waals surface area (Å²) in [6.45, 7) is 3.84. The number of sulfonamides is 1. The van der Waals surface area contributed by atoms with E-state index in [0.29, 0.717) is 5.69 Å². The van der Waals surface area contributed by atoms with Gasteiger partial charge in [0.15, 0.2) is 5.57 Å². The van der Waals surface area contributed by atoms with Gasteiger partial charge in [0.1, 0.15) is 6.07 Å². The van der Waals surface area contributed by atoms with E-state index in [2.05, 4.69) is 17.0 Å². The van der Waals surface area contributed by atoms with Gasteiger partial charge in [-0.05, 0) is 43.2 Å². The Morgan fingerprint density at radius 3 is 2.34 bits per heavy atom. The number of nitriles is 1. The Bertz CT molecular complexity index is 1020. The second-order valence-electron chi connectivity index (χ2n) is 6.08. The Kier molecular flexibility index (Phi) is 7.80. The number of ether oxygens (including phenoxy) is 1. The minimum absolute atomic E-state index is 0.144. The van der Waals surface area contributed by atoms with Crippen molar-refractivity contribution in [2.75, 3.05) is 16.6 Å². The molecule has 2 N–H and O–H groups in total. The number of anilines is 2. The third kappa shape index (κ3) is 6.09. The van der Waals surface area contributed by atoms with E-state index in [1.165, 1.54) is 6.20 Å². The molecule has 29 heavy (non-hydrogen) atoms. The summed E-state index contributed by atoms with van der Waals surface area (Å²) in [5.41, 5.74) is 1.51. The Labute approximate surface area is 171 Å². The molecule has 0 spiro atoms. The number of benzene rings is 2. The third-order valence-electron chi connectivity index (χ3n) is 3.93. The Morgan fingerprint density at radius 1 is 1.10 bits per heavy atom. The molecule has 0 radical (unpaired) electrons. The van der Waals surface area contributed by atoms with Crippen LogP contribution in [0.3, 0.4) is 0 Å². The highest BCUT2D eigenvalue weighted by molar-refractivity contribution is 7.92. The van der Waals surface area contributed by atoms with Crippen molar-refractivity contribution in [2.24, 2.45) is 0 Å². The molecule has 0 aliphatic rings. The molecular weight excluding hydrogens is 390 g/mol. The van der Waals surface area contributed by atoms with Crippen LogP contribution in [-0.2, 0) is 26.0 Å². The molecule has 0 atom stereocenters. The fourth-order valence-corrected chi connectivity index (χ4v) is 3.60. The minimum atomic E-state index is -3.80. The summed E-state index contributed by atoms with van der Waals surface area (Å²) in [6, 6.07) is 15.1. The summed E-state index contributed by atoms with van der Waals surface area (Å²) >= 11 is 0. The van der Waals surface area contributed by atoms with Gasteiger partial charge in [0, 0.05) is 6.20 Å². The summed E-state index contributed by atoms with van der Waals surface area (Å²) in [5.74, 6) is -0.757. The normalized spacial score (nSPS) is 11.4. The Morgan fingerprint density at radius 2 is 1.76 bits per heavy atom. The van der Waals surface area contributed by atoms with E-state index in [-0.39, 0.29) is 22.8 Å². The number of nitrogens with one attached hydrogen (secondary N) is 2. The number of carbonyl (C=O) groups is 1. The lowest BCUT2D eigenvalue weighted by molar-refractivity contribution is -0.138. The van der Waals surface area contributed by atoms with Crippen molar-refractivity contribution < 1.29 is 17.9 Å². The predicted molar refractivity (Wildman–Crippen MR) is 112 cm³/mol. The van der Waals surface area contributed by atoms with E-state index < -0.39 is 16.0 Å². The predicted octanol–water partition coefficient (Wildman–Crippen LogP) is 3.82. The van der Waals surface area contributed by atoms with Crippen LogP contribution in [-0.4, -0.2) is 21.0 Å². The van der Waals surface area contributed by atoms with Gasteiger partial charge in [-0.15, -0.1) is 0 Å². The maximum Gasteiger partial charge on any atom is 0.350 e. The standard InChI is InChI=1S/C21H23N3O4S/c1-3-7-16-10-12-18(13-11-16)29(26,27)24-20-9-6-5-8-19(20)23-15-17(14-22)21(25)28-4-2/h5-6,8-13,15,23-24H,3-4,7H2,1-2H3/b17-15+. The van der Waals surface area contributed by atoms with Gasteiger partial charge in [-0.2, -0.15) is 5.26 Å². The van der Waals surface area contributed by atoms with Crippen molar-refractivity contribution in [2.45, 2.75) is 31.6 Å². The molecule has 7 nitrogen and oxygen atoms in total. The number of hydrogen-bond donors (Lipinski definition) is 2. The van der Waals surface area contributed by atoms with E-state index in [1.54, 1.807) is 61.5 Å². The lowest BCUT2D eigenvalue weighted by Crippen LogP contribution is -2.14. The first-order valence-electron chi connectivity index (χ1n) is 9.16. The summed E-state index contributed by atoms with van der Waals surface area (Å²) in [4.78, 5) is 11.8. The van der Waals surface area contributed by atoms with Crippen molar-refractivity contribution in [3.8, 4) is 6.07 Å². The van der Waals surface area contributed by atoms with Crippen LogP contribution in [0, 0.1) is 11.3 Å². The van der Waals surface area contributed by atoms with Crippen LogP contribution in [0.4, 0.5) is 11.4 Å². The number of rotatable bonds is 9. The second-order valence-corrected chi connectivity index (χ2v) is 7.76. The smallest absolute Gasteiger partial charge is 0.350 e. The lowest BCUT2D eigenvalue weighted by Gasteiger charge is -2.13. The summed E-state index contributed by atoms with van der Waals surface area (Å²) in [6.07, 6.45) is 3.05. The van der Waals surface area contributed by atoms with Gasteiger partial charge in [-0.25, -0.2) is 13.2 Å². The molecule has 0 fully saturated rings. The van der Waals surface area contributed by atoms with Crippen LogP contribution in [0.2, 0.25) is 0 Å². The van der Waals surface area contributed by atoms with E-state index in [1.807, 2.05) is 0 Å². The molecule has 0 saturated carbocycles. The van der Waals surface area contributed by atoms with E-state index in [0.717, 1.165) is 18.4 Å². The first-order chi connectivity index (χ1) is 13.9. The average Bonchev–Trinajstić information content (AvgIpc) is 2.70. The van der Waals surface area contributed by atoms with Crippen LogP contribution in [0.15, 0.2) is 65.2 Å². The summed E-state index contributed by atoms with van der Waals surface area (Å²) in [5, 5.41) is 11.9. The number of esters is 1. The minimum Gasteiger partial charge on any atom is -0.462 e. The highest BCUT2D eigenvalue weighted by Gasteiger charge is 2.16. The topological polar surface area (TPSA) is 108 Å². The number of para-hydroxylation sites is 2. The fraction of sp³-hybridized carbons (Fsp3) is 0.238. The zero-order valence-corrected chi connectivity index (χ0v) is 17.1. The van der Waals surface area contributed by atoms with Gasteiger partial charge < -0.3 is 10.1 Å². The monoisotopic (exact) mass is 413 g/mol. The van der Waals surface area contributed by atoms with E-state index in [4.69, 9.17) is 10.00 Å². The molecule has 2 aromatic carbocycles. The van der Waals surface area contributed by atoms with Crippen molar-refractivity contribution in [3.05, 3.63) is 65.9 Å². The second kappa shape index (κ2) is 10.3. The van der Waals surface area contributed by atoms with Crippen molar-refractivity contribution >= 4 is 27.4 Å². The molecule has 0 heterocycles. The Hall–Kier alpha value is -3.31. The number of hydrogen-bond acceptors (Lipinski definition) is 6. The van der Waals surface area contributed by atoms with Gasteiger partial charge in [-0.3, -0.25) is 4.72 Å². The molecule has 0 amide bonds. The number of carbonyl (C=O) groups excluding carboxylic acids is 1. The zero-order valence-electron chi connectivity index (χ0n) is 16.3. The van der Waals surface area contributed by atoms with Gasteiger partial charge >= 0.3 is 5.97 Å². The molecular formula is C21H23N3O4S. The quantitative estimate of drug-likeness (QED) is 0.367. The van der Waals surface area contributed by atoms with Crippen molar-refractivity contribution in [1.29, 1.82) is 5.26 Å².